The van der Waals surface area contributed by atoms with Gasteiger partial charge in [0.1, 0.15) is 11.5 Å². The first-order valence-electron chi connectivity index (χ1n) is 9.59. The molecule has 2 aliphatic rings. The van der Waals surface area contributed by atoms with Crippen molar-refractivity contribution < 1.29 is 19.1 Å². The zero-order valence-corrected chi connectivity index (χ0v) is 15.7. The maximum Gasteiger partial charge on any atom is 0.315 e. The smallest absolute Gasteiger partial charge is 0.315 e. The summed E-state index contributed by atoms with van der Waals surface area (Å²) in [5.74, 6) is 0.112. The Morgan fingerprint density at radius 2 is 1.15 bits per heavy atom. The van der Waals surface area contributed by atoms with Gasteiger partial charge in [0.25, 0.3) is 0 Å². The van der Waals surface area contributed by atoms with Gasteiger partial charge in [-0.2, -0.15) is 0 Å². The van der Waals surface area contributed by atoms with E-state index < -0.39 is 11.8 Å². The molecule has 4 nitrogen and oxygen atoms in total. The number of benzene rings is 2. The molecule has 0 N–H and O–H groups in total. The third-order valence-corrected chi connectivity index (χ3v) is 6.07. The van der Waals surface area contributed by atoms with Crippen molar-refractivity contribution in [3.8, 4) is 11.5 Å². The van der Waals surface area contributed by atoms with E-state index in [1.165, 1.54) is 0 Å². The Morgan fingerprint density at radius 3 is 1.56 bits per heavy atom. The van der Waals surface area contributed by atoms with Crippen LogP contribution in [0.2, 0.25) is 0 Å². The first-order valence-corrected chi connectivity index (χ1v) is 9.59. The molecule has 2 aliphatic carbocycles. The van der Waals surface area contributed by atoms with Gasteiger partial charge in [-0.1, -0.05) is 36.4 Å². The monoisotopic (exact) mass is 364 g/mol. The molecule has 0 aromatic heterocycles. The SMILES string of the molecule is Cc1ccccc1OC(=O)C1C2CCC(C2)C1C(=O)Oc1ccccc1C. The van der Waals surface area contributed by atoms with Crippen molar-refractivity contribution in [2.24, 2.45) is 23.7 Å². The van der Waals surface area contributed by atoms with Crippen LogP contribution in [0.3, 0.4) is 0 Å². The molecule has 0 radical (unpaired) electrons. The van der Waals surface area contributed by atoms with E-state index in [-0.39, 0.29) is 23.8 Å². The quantitative estimate of drug-likeness (QED) is 0.593. The lowest BCUT2D eigenvalue weighted by Crippen LogP contribution is -2.39. The molecule has 0 amide bonds. The topological polar surface area (TPSA) is 52.6 Å². The fraction of sp³-hybridized carbons (Fsp3) is 0.391. The van der Waals surface area contributed by atoms with Crippen LogP contribution in [-0.2, 0) is 9.59 Å². The number of fused-ring (bicyclic) bond motifs is 2. The van der Waals surface area contributed by atoms with Crippen molar-refractivity contribution in [3.63, 3.8) is 0 Å². The van der Waals surface area contributed by atoms with Gasteiger partial charge in [0.15, 0.2) is 0 Å². The molecule has 0 heterocycles. The number of carbonyl (C=O) groups excluding carboxylic acids is 2. The highest BCUT2D eigenvalue weighted by Crippen LogP contribution is 2.53. The first-order chi connectivity index (χ1) is 13.0. The average molecular weight is 364 g/mol. The number of esters is 2. The summed E-state index contributed by atoms with van der Waals surface area (Å²) in [6.07, 6.45) is 2.86. The number of rotatable bonds is 4. The van der Waals surface area contributed by atoms with E-state index in [4.69, 9.17) is 9.47 Å². The van der Waals surface area contributed by atoms with Gasteiger partial charge in [-0.25, -0.2) is 0 Å². The Balaban J connectivity index is 1.54. The predicted octanol–water partition coefficient (Wildman–Crippen LogP) is 4.48. The fourth-order valence-electron chi connectivity index (χ4n) is 4.66. The fourth-order valence-corrected chi connectivity index (χ4v) is 4.66. The van der Waals surface area contributed by atoms with E-state index in [9.17, 15) is 9.59 Å². The van der Waals surface area contributed by atoms with Crippen LogP contribution in [-0.4, -0.2) is 11.9 Å². The molecule has 0 aliphatic heterocycles. The third-order valence-electron chi connectivity index (χ3n) is 6.07. The van der Waals surface area contributed by atoms with Crippen molar-refractivity contribution in [2.75, 3.05) is 0 Å². The van der Waals surface area contributed by atoms with Gasteiger partial charge in [-0.15, -0.1) is 0 Å². The van der Waals surface area contributed by atoms with Gasteiger partial charge in [0, 0.05) is 0 Å². The van der Waals surface area contributed by atoms with Crippen LogP contribution in [0.15, 0.2) is 48.5 Å². The summed E-state index contributed by atoms with van der Waals surface area (Å²) in [6.45, 7) is 3.82. The summed E-state index contributed by atoms with van der Waals surface area (Å²) in [5, 5.41) is 0. The van der Waals surface area contributed by atoms with E-state index >= 15 is 0 Å². The third kappa shape index (κ3) is 3.36. The molecular formula is C23H24O4. The molecule has 4 atom stereocenters. The molecule has 2 aromatic rings. The van der Waals surface area contributed by atoms with Crippen molar-refractivity contribution in [3.05, 3.63) is 59.7 Å². The second-order valence-electron chi connectivity index (χ2n) is 7.76. The summed E-state index contributed by atoms with van der Waals surface area (Å²) in [6, 6.07) is 14.9. The minimum Gasteiger partial charge on any atom is -0.426 e. The van der Waals surface area contributed by atoms with Gasteiger partial charge in [0.05, 0.1) is 11.8 Å². The van der Waals surface area contributed by atoms with Crippen LogP contribution in [0.4, 0.5) is 0 Å². The second kappa shape index (κ2) is 7.18. The normalized spacial score (nSPS) is 26.0. The van der Waals surface area contributed by atoms with Crippen LogP contribution in [0.25, 0.3) is 0 Å². The van der Waals surface area contributed by atoms with Crippen molar-refractivity contribution in [1.29, 1.82) is 0 Å². The zero-order chi connectivity index (χ0) is 19.0. The maximum atomic E-state index is 13.0. The maximum absolute atomic E-state index is 13.0. The van der Waals surface area contributed by atoms with Gasteiger partial charge >= 0.3 is 11.9 Å². The Hall–Kier alpha value is -2.62. The first kappa shape index (κ1) is 17.8. The van der Waals surface area contributed by atoms with E-state index in [0.29, 0.717) is 11.5 Å². The highest BCUT2D eigenvalue weighted by Gasteiger charge is 2.55. The van der Waals surface area contributed by atoms with Gasteiger partial charge < -0.3 is 9.47 Å². The Morgan fingerprint density at radius 1 is 0.741 bits per heavy atom. The van der Waals surface area contributed by atoms with E-state index in [2.05, 4.69) is 0 Å². The molecule has 2 aromatic carbocycles. The molecule has 2 saturated carbocycles. The Bertz CT molecular complexity index is 801. The largest absolute Gasteiger partial charge is 0.426 e. The molecule has 2 fully saturated rings. The van der Waals surface area contributed by atoms with Crippen LogP contribution >= 0.6 is 0 Å². The number of carbonyl (C=O) groups is 2. The summed E-state index contributed by atoms with van der Waals surface area (Å²) >= 11 is 0. The lowest BCUT2D eigenvalue weighted by molar-refractivity contribution is -0.153. The Kier molecular flexibility index (Phi) is 4.73. The number of aryl methyl sites for hydroxylation is 2. The molecule has 0 spiro atoms. The molecular weight excluding hydrogens is 340 g/mol. The lowest BCUT2D eigenvalue weighted by atomic mass is 9.79. The molecule has 4 heteroatoms. The summed E-state index contributed by atoms with van der Waals surface area (Å²) < 4.78 is 11.4. The number of hydrogen-bond donors (Lipinski definition) is 0. The highest BCUT2D eigenvalue weighted by molar-refractivity contribution is 5.86. The molecule has 27 heavy (non-hydrogen) atoms. The summed E-state index contributed by atoms with van der Waals surface area (Å²) in [7, 11) is 0. The highest BCUT2D eigenvalue weighted by atomic mass is 16.5. The van der Waals surface area contributed by atoms with Crippen molar-refractivity contribution in [2.45, 2.75) is 33.1 Å². The second-order valence-corrected chi connectivity index (χ2v) is 7.76. The minimum atomic E-state index is -0.417. The van der Waals surface area contributed by atoms with Crippen molar-refractivity contribution in [1.82, 2.24) is 0 Å². The van der Waals surface area contributed by atoms with Crippen LogP contribution < -0.4 is 9.47 Å². The number of ether oxygens (including phenoxy) is 2. The van der Waals surface area contributed by atoms with Crippen LogP contribution in [0.5, 0.6) is 11.5 Å². The van der Waals surface area contributed by atoms with Crippen LogP contribution in [0.1, 0.15) is 30.4 Å². The average Bonchev–Trinajstić information content (AvgIpc) is 3.27. The minimum absolute atomic E-state index is 0.209. The summed E-state index contributed by atoms with van der Waals surface area (Å²) in [4.78, 5) is 25.9. The van der Waals surface area contributed by atoms with Gasteiger partial charge in [0.2, 0.25) is 0 Å². The molecule has 4 unspecified atom stereocenters. The molecule has 2 bridgehead atoms. The Labute approximate surface area is 159 Å². The number of hydrogen-bond acceptors (Lipinski definition) is 4. The van der Waals surface area contributed by atoms with Gasteiger partial charge in [-0.05, 0) is 68.2 Å². The number of para-hydroxylation sites is 2. The predicted molar refractivity (Wildman–Crippen MR) is 101 cm³/mol. The zero-order valence-electron chi connectivity index (χ0n) is 15.7. The molecule has 0 saturated heterocycles. The lowest BCUT2D eigenvalue weighted by Gasteiger charge is -2.28. The van der Waals surface area contributed by atoms with Gasteiger partial charge in [-0.3, -0.25) is 9.59 Å². The summed E-state index contributed by atoms with van der Waals surface area (Å²) in [5.41, 5.74) is 1.82. The van der Waals surface area contributed by atoms with E-state index in [1.54, 1.807) is 12.1 Å². The molecule has 140 valence electrons. The molecule has 4 rings (SSSR count). The van der Waals surface area contributed by atoms with E-state index in [1.807, 2.05) is 50.2 Å². The van der Waals surface area contributed by atoms with E-state index in [0.717, 1.165) is 30.4 Å². The van der Waals surface area contributed by atoms with Crippen LogP contribution in [0, 0.1) is 37.5 Å². The van der Waals surface area contributed by atoms with Crippen molar-refractivity contribution >= 4 is 11.9 Å². The standard InChI is InChI=1S/C23H24O4/c1-14-7-3-5-9-18(14)26-22(24)20-16-11-12-17(13-16)21(20)23(25)27-19-10-6-4-8-15(19)2/h3-10,16-17,20-21H,11-13H2,1-2H3.